The van der Waals surface area contributed by atoms with E-state index < -0.39 is 10.9 Å². The third kappa shape index (κ3) is 4.76. The van der Waals surface area contributed by atoms with Gasteiger partial charge < -0.3 is 25.4 Å². The number of carboxylic acid groups (broad SMARTS) is 1. The van der Waals surface area contributed by atoms with Crippen molar-refractivity contribution in [3.8, 4) is 0 Å². The highest BCUT2D eigenvalue weighted by atomic mass is 16.6. The molecule has 0 spiro atoms. The van der Waals surface area contributed by atoms with Gasteiger partial charge in [0.25, 0.3) is 0 Å². The molecule has 28 heavy (non-hydrogen) atoms. The first-order chi connectivity index (χ1) is 13.4. The lowest BCUT2D eigenvalue weighted by Gasteiger charge is -2.35. The van der Waals surface area contributed by atoms with E-state index in [9.17, 15) is 20.0 Å². The van der Waals surface area contributed by atoms with Crippen molar-refractivity contribution in [2.24, 2.45) is 5.92 Å². The maximum Gasteiger partial charge on any atom is 0.365 e. The number of anilines is 2. The molecule has 8 nitrogen and oxygen atoms in total. The Kier molecular flexibility index (Phi) is 6.08. The maximum absolute atomic E-state index is 11.6. The molecule has 0 amide bonds. The molecule has 1 aliphatic rings. The van der Waals surface area contributed by atoms with E-state index in [0.717, 1.165) is 43.6 Å². The summed E-state index contributed by atoms with van der Waals surface area (Å²) in [6, 6.07) is 10.1. The number of hydrogen-bond acceptors (Lipinski definition) is 6. The first-order valence-electron chi connectivity index (χ1n) is 9.38. The Labute approximate surface area is 163 Å². The molecule has 1 aromatic heterocycles. The fraction of sp³-hybridized carbons (Fsp3) is 0.400. The Balaban J connectivity index is 1.60. The molecule has 1 atom stereocenters. The highest BCUT2D eigenvalue weighted by Crippen LogP contribution is 2.29. The predicted octanol–water partition coefficient (Wildman–Crippen LogP) is 3.72. The van der Waals surface area contributed by atoms with E-state index in [1.807, 2.05) is 19.1 Å². The Morgan fingerprint density at radius 1 is 1.39 bits per heavy atom. The van der Waals surface area contributed by atoms with Gasteiger partial charge >= 0.3 is 11.8 Å². The minimum atomic E-state index is -0.907. The summed E-state index contributed by atoms with van der Waals surface area (Å²) in [6.07, 6.45) is 2.97. The zero-order valence-electron chi connectivity index (χ0n) is 15.8. The lowest BCUT2D eigenvalue weighted by atomic mass is 9.93. The van der Waals surface area contributed by atoms with Gasteiger partial charge in [0.05, 0.1) is 11.3 Å². The fourth-order valence-corrected chi connectivity index (χ4v) is 3.63. The van der Waals surface area contributed by atoms with E-state index in [-0.39, 0.29) is 5.82 Å². The standard InChI is InChI=1S/C20H24N4O4/c1-14-7-8-16(20(25)26)17(12-14)23-11-3-4-15(13-23)9-10-21-18-5-2-6-19(22-18)24(27)28/h2,5-8,12,15H,3-4,9-11,13H2,1H3,(H,21,22)(H,25,26). The van der Waals surface area contributed by atoms with Crippen molar-refractivity contribution in [2.45, 2.75) is 26.2 Å². The van der Waals surface area contributed by atoms with E-state index in [1.54, 1.807) is 18.2 Å². The number of carbonyl (C=O) groups is 1. The van der Waals surface area contributed by atoms with Crippen LogP contribution in [0.1, 0.15) is 35.2 Å². The minimum Gasteiger partial charge on any atom is -0.478 e. The Bertz CT molecular complexity index is 871. The van der Waals surface area contributed by atoms with E-state index >= 15 is 0 Å². The molecule has 1 saturated heterocycles. The number of nitrogens with one attached hydrogen (secondary N) is 1. The number of piperidine rings is 1. The van der Waals surface area contributed by atoms with Crippen LogP contribution in [0.2, 0.25) is 0 Å². The molecular weight excluding hydrogens is 360 g/mol. The van der Waals surface area contributed by atoms with Crippen molar-refractivity contribution in [3.05, 3.63) is 57.6 Å². The number of aromatic carboxylic acids is 1. The van der Waals surface area contributed by atoms with E-state index in [2.05, 4.69) is 15.2 Å². The zero-order valence-corrected chi connectivity index (χ0v) is 15.8. The van der Waals surface area contributed by atoms with Gasteiger partial charge in [-0.25, -0.2) is 4.79 Å². The van der Waals surface area contributed by atoms with Crippen molar-refractivity contribution >= 4 is 23.3 Å². The average Bonchev–Trinajstić information content (AvgIpc) is 2.68. The van der Waals surface area contributed by atoms with Crippen LogP contribution in [-0.2, 0) is 0 Å². The average molecular weight is 384 g/mol. The number of aryl methyl sites for hydroxylation is 1. The number of aromatic nitrogens is 1. The molecule has 2 aromatic rings. The van der Waals surface area contributed by atoms with E-state index in [1.165, 1.54) is 6.07 Å². The second-order valence-electron chi connectivity index (χ2n) is 7.13. The van der Waals surface area contributed by atoms with Crippen molar-refractivity contribution in [1.29, 1.82) is 0 Å². The predicted molar refractivity (Wildman–Crippen MR) is 107 cm³/mol. The van der Waals surface area contributed by atoms with E-state index in [0.29, 0.717) is 23.8 Å². The molecule has 0 radical (unpaired) electrons. The van der Waals surface area contributed by atoms with Gasteiger partial charge in [0.1, 0.15) is 0 Å². The topological polar surface area (TPSA) is 109 Å². The zero-order chi connectivity index (χ0) is 20.1. The van der Waals surface area contributed by atoms with Gasteiger partial charge in [-0.15, -0.1) is 0 Å². The largest absolute Gasteiger partial charge is 0.478 e. The highest BCUT2D eigenvalue weighted by Gasteiger charge is 2.23. The van der Waals surface area contributed by atoms with Crippen LogP contribution in [0, 0.1) is 23.0 Å². The van der Waals surface area contributed by atoms with Crippen LogP contribution in [-0.4, -0.2) is 40.6 Å². The summed E-state index contributed by atoms with van der Waals surface area (Å²) in [7, 11) is 0. The summed E-state index contributed by atoms with van der Waals surface area (Å²) in [5, 5.41) is 23.5. The summed E-state index contributed by atoms with van der Waals surface area (Å²) in [5.74, 6) is -0.166. The van der Waals surface area contributed by atoms with Crippen molar-refractivity contribution in [3.63, 3.8) is 0 Å². The summed E-state index contributed by atoms with van der Waals surface area (Å²) in [6.45, 7) is 4.27. The number of benzene rings is 1. The molecule has 8 heteroatoms. The lowest BCUT2D eigenvalue weighted by molar-refractivity contribution is -0.389. The number of carboxylic acids is 1. The first kappa shape index (κ1) is 19.6. The molecule has 2 heterocycles. The van der Waals surface area contributed by atoms with Crippen LogP contribution in [0.4, 0.5) is 17.3 Å². The molecule has 1 aromatic carbocycles. The Hall–Kier alpha value is -3.16. The van der Waals surface area contributed by atoms with Crippen molar-refractivity contribution < 1.29 is 14.8 Å². The monoisotopic (exact) mass is 384 g/mol. The van der Waals surface area contributed by atoms with Crippen molar-refractivity contribution in [2.75, 3.05) is 29.9 Å². The molecule has 148 valence electrons. The number of rotatable bonds is 7. The van der Waals surface area contributed by atoms with Gasteiger partial charge in [0.15, 0.2) is 0 Å². The molecule has 0 bridgehead atoms. The van der Waals surface area contributed by atoms with E-state index in [4.69, 9.17) is 0 Å². The van der Waals surface area contributed by atoms with Crippen molar-refractivity contribution in [1.82, 2.24) is 4.98 Å². The number of hydrogen-bond donors (Lipinski definition) is 2. The van der Waals surface area contributed by atoms with Gasteiger partial charge in [0, 0.05) is 31.8 Å². The molecule has 0 saturated carbocycles. The third-order valence-corrected chi connectivity index (χ3v) is 5.02. The molecule has 2 N–H and O–H groups in total. The fourth-order valence-electron chi connectivity index (χ4n) is 3.63. The van der Waals surface area contributed by atoms with Gasteiger partial charge in [-0.05, 0) is 65.8 Å². The number of pyridine rings is 1. The summed E-state index contributed by atoms with van der Waals surface area (Å²) >= 11 is 0. The van der Waals surface area contributed by atoms with Gasteiger partial charge in [-0.3, -0.25) is 0 Å². The third-order valence-electron chi connectivity index (χ3n) is 5.02. The van der Waals surface area contributed by atoms with Gasteiger partial charge in [0.2, 0.25) is 5.82 Å². The van der Waals surface area contributed by atoms with Crippen LogP contribution in [0.15, 0.2) is 36.4 Å². The van der Waals surface area contributed by atoms with Crippen LogP contribution >= 0.6 is 0 Å². The molecular formula is C20H24N4O4. The number of nitro groups is 1. The molecule has 1 aliphatic heterocycles. The Morgan fingerprint density at radius 3 is 2.96 bits per heavy atom. The minimum absolute atomic E-state index is 0.172. The smallest absolute Gasteiger partial charge is 0.365 e. The summed E-state index contributed by atoms with van der Waals surface area (Å²) in [4.78, 5) is 28.0. The van der Waals surface area contributed by atoms with Gasteiger partial charge in [-0.1, -0.05) is 6.07 Å². The van der Waals surface area contributed by atoms with Crippen LogP contribution < -0.4 is 10.2 Å². The van der Waals surface area contributed by atoms with Gasteiger partial charge in [-0.2, -0.15) is 0 Å². The SMILES string of the molecule is Cc1ccc(C(=O)O)c(N2CCCC(CCNc3cccc([N+](=O)[O-])n3)C2)c1. The molecule has 1 unspecified atom stereocenters. The summed E-state index contributed by atoms with van der Waals surface area (Å²) < 4.78 is 0. The van der Waals surface area contributed by atoms with Crippen LogP contribution in [0.3, 0.4) is 0 Å². The van der Waals surface area contributed by atoms with Crippen LogP contribution in [0.5, 0.6) is 0 Å². The molecule has 1 fully saturated rings. The first-order valence-corrected chi connectivity index (χ1v) is 9.38. The summed E-state index contributed by atoms with van der Waals surface area (Å²) in [5.41, 5.74) is 2.16. The normalized spacial score (nSPS) is 16.6. The van der Waals surface area contributed by atoms with Crippen LogP contribution in [0.25, 0.3) is 0 Å². The second kappa shape index (κ2) is 8.69. The molecule has 0 aliphatic carbocycles. The Morgan fingerprint density at radius 2 is 2.21 bits per heavy atom. The molecule has 3 rings (SSSR count). The number of nitrogens with zero attached hydrogens (tertiary/aromatic N) is 3. The second-order valence-corrected chi connectivity index (χ2v) is 7.13. The lowest BCUT2D eigenvalue weighted by Crippen LogP contribution is -2.37. The quantitative estimate of drug-likeness (QED) is 0.553. The highest BCUT2D eigenvalue weighted by molar-refractivity contribution is 5.94. The maximum atomic E-state index is 11.6.